The number of benzene rings is 1. The number of nitrogens with zero attached hydrogens (tertiary/aromatic N) is 1. The van der Waals surface area contributed by atoms with Crippen molar-refractivity contribution in [1.82, 2.24) is 10.2 Å². The van der Waals surface area contributed by atoms with Gasteiger partial charge in [-0.05, 0) is 30.7 Å². The molecule has 0 radical (unpaired) electrons. The van der Waals surface area contributed by atoms with Gasteiger partial charge in [0.1, 0.15) is 0 Å². The van der Waals surface area contributed by atoms with Gasteiger partial charge in [-0.25, -0.2) is 4.79 Å². The third kappa shape index (κ3) is 3.87. The van der Waals surface area contributed by atoms with Crippen LogP contribution in [0.25, 0.3) is 0 Å². The summed E-state index contributed by atoms with van der Waals surface area (Å²) in [5, 5.41) is 5.65. The van der Waals surface area contributed by atoms with E-state index in [1.165, 1.54) is 4.90 Å². The molecule has 4 nitrogen and oxygen atoms in total. The maximum atomic E-state index is 12.4. The highest BCUT2D eigenvalue weighted by Gasteiger charge is 2.29. The SMILES string of the molecule is CNC(CCC(F)(F)F)c1ccc2c(c1)CN(C)C(=O)N2. The summed E-state index contributed by atoms with van der Waals surface area (Å²) in [6.07, 6.45) is -5.00. The zero-order valence-electron chi connectivity index (χ0n) is 11.9. The molecule has 1 aliphatic heterocycles. The topological polar surface area (TPSA) is 44.4 Å². The van der Waals surface area contributed by atoms with Crippen molar-refractivity contribution in [3.05, 3.63) is 29.3 Å². The lowest BCUT2D eigenvalue weighted by Crippen LogP contribution is -2.35. The summed E-state index contributed by atoms with van der Waals surface area (Å²) in [4.78, 5) is 13.0. The van der Waals surface area contributed by atoms with Gasteiger partial charge < -0.3 is 15.5 Å². The van der Waals surface area contributed by atoms with Crippen LogP contribution >= 0.6 is 0 Å². The average Bonchev–Trinajstić information content (AvgIpc) is 2.39. The number of fused-ring (bicyclic) bond motifs is 1. The third-order valence-corrected chi connectivity index (χ3v) is 3.59. The van der Waals surface area contributed by atoms with E-state index in [9.17, 15) is 18.0 Å². The van der Waals surface area contributed by atoms with Gasteiger partial charge in [0.2, 0.25) is 0 Å². The number of urea groups is 1. The highest BCUT2D eigenvalue weighted by Crippen LogP contribution is 2.30. The van der Waals surface area contributed by atoms with E-state index in [1.807, 2.05) is 6.07 Å². The van der Waals surface area contributed by atoms with Crippen LogP contribution in [0.1, 0.15) is 30.0 Å². The summed E-state index contributed by atoms with van der Waals surface area (Å²) in [7, 11) is 3.32. The summed E-state index contributed by atoms with van der Waals surface area (Å²) in [6, 6.07) is 4.80. The van der Waals surface area contributed by atoms with E-state index in [1.54, 1.807) is 26.2 Å². The zero-order valence-corrected chi connectivity index (χ0v) is 11.9. The average molecular weight is 301 g/mol. The Balaban J connectivity index is 2.16. The van der Waals surface area contributed by atoms with E-state index in [0.717, 1.165) is 11.1 Å². The van der Waals surface area contributed by atoms with Gasteiger partial charge in [0, 0.05) is 31.7 Å². The van der Waals surface area contributed by atoms with Gasteiger partial charge in [0.25, 0.3) is 0 Å². The number of carbonyl (C=O) groups is 1. The second-order valence-corrected chi connectivity index (χ2v) is 5.20. The number of rotatable bonds is 4. The molecule has 1 heterocycles. The van der Waals surface area contributed by atoms with Crippen molar-refractivity contribution >= 4 is 11.7 Å². The number of hydrogen-bond donors (Lipinski definition) is 2. The number of carbonyl (C=O) groups excluding carboxylic acids is 1. The van der Waals surface area contributed by atoms with Gasteiger partial charge in [0.05, 0.1) is 0 Å². The molecule has 0 aliphatic carbocycles. The van der Waals surface area contributed by atoms with E-state index in [0.29, 0.717) is 12.2 Å². The van der Waals surface area contributed by atoms with Gasteiger partial charge in [-0.3, -0.25) is 0 Å². The second-order valence-electron chi connectivity index (χ2n) is 5.20. The molecule has 2 rings (SSSR count). The number of anilines is 1. The monoisotopic (exact) mass is 301 g/mol. The van der Waals surface area contributed by atoms with E-state index in [-0.39, 0.29) is 18.5 Å². The smallest absolute Gasteiger partial charge is 0.323 e. The summed E-state index contributed by atoms with van der Waals surface area (Å²) in [5.41, 5.74) is 2.42. The molecule has 1 aromatic carbocycles. The quantitative estimate of drug-likeness (QED) is 0.896. The van der Waals surface area contributed by atoms with E-state index < -0.39 is 12.6 Å². The van der Waals surface area contributed by atoms with Crippen LogP contribution in [0, 0.1) is 0 Å². The zero-order chi connectivity index (χ0) is 15.6. The van der Waals surface area contributed by atoms with Crippen LogP contribution in [0.5, 0.6) is 0 Å². The first-order valence-corrected chi connectivity index (χ1v) is 6.69. The minimum absolute atomic E-state index is 0.0129. The Morgan fingerprint density at radius 3 is 2.76 bits per heavy atom. The molecule has 2 N–H and O–H groups in total. The predicted octanol–water partition coefficient (Wildman–Crippen LogP) is 3.27. The normalized spacial score (nSPS) is 16.4. The molecule has 0 fully saturated rings. The fourth-order valence-electron chi connectivity index (χ4n) is 2.41. The lowest BCUT2D eigenvalue weighted by molar-refractivity contribution is -0.136. The molecule has 116 valence electrons. The molecule has 21 heavy (non-hydrogen) atoms. The predicted molar refractivity (Wildman–Crippen MR) is 74.0 cm³/mol. The van der Waals surface area contributed by atoms with E-state index >= 15 is 0 Å². The van der Waals surface area contributed by atoms with E-state index in [2.05, 4.69) is 10.6 Å². The first-order valence-electron chi connectivity index (χ1n) is 6.69. The Bertz CT molecular complexity index is 531. The number of alkyl halides is 3. The Kier molecular flexibility index (Phi) is 4.41. The molecule has 1 aliphatic rings. The van der Waals surface area contributed by atoms with Crippen molar-refractivity contribution in [3.63, 3.8) is 0 Å². The molecule has 0 saturated carbocycles. The first kappa shape index (κ1) is 15.6. The van der Waals surface area contributed by atoms with Crippen molar-refractivity contribution in [2.75, 3.05) is 19.4 Å². The lowest BCUT2D eigenvalue weighted by Gasteiger charge is -2.27. The summed E-state index contributed by atoms with van der Waals surface area (Å²) >= 11 is 0. The number of hydrogen-bond acceptors (Lipinski definition) is 2. The van der Waals surface area contributed by atoms with Gasteiger partial charge in [0.15, 0.2) is 0 Å². The molecule has 1 atom stereocenters. The standard InChI is InChI=1S/C14H18F3N3O/c1-18-11(5-6-14(15,16)17)9-3-4-12-10(7-9)8-20(2)13(21)19-12/h3-4,7,11,18H,5-6,8H2,1-2H3,(H,19,21). The van der Waals surface area contributed by atoms with Crippen molar-refractivity contribution in [1.29, 1.82) is 0 Å². The van der Waals surface area contributed by atoms with Crippen LogP contribution in [0.15, 0.2) is 18.2 Å². The molecule has 0 bridgehead atoms. The molecule has 2 amide bonds. The third-order valence-electron chi connectivity index (χ3n) is 3.59. The molecular formula is C14H18F3N3O. The van der Waals surface area contributed by atoms with Gasteiger partial charge in [-0.15, -0.1) is 0 Å². The maximum absolute atomic E-state index is 12.4. The minimum atomic E-state index is -4.16. The molecular weight excluding hydrogens is 283 g/mol. The number of nitrogens with one attached hydrogen (secondary N) is 2. The first-order chi connectivity index (χ1) is 9.80. The molecule has 0 spiro atoms. The summed E-state index contributed by atoms with van der Waals surface area (Å²) < 4.78 is 37.1. The van der Waals surface area contributed by atoms with Crippen LogP contribution in [-0.2, 0) is 6.54 Å². The van der Waals surface area contributed by atoms with E-state index in [4.69, 9.17) is 0 Å². The summed E-state index contributed by atoms with van der Waals surface area (Å²) in [5.74, 6) is 0. The maximum Gasteiger partial charge on any atom is 0.389 e. The van der Waals surface area contributed by atoms with Crippen molar-refractivity contribution in [2.45, 2.75) is 31.6 Å². The highest BCUT2D eigenvalue weighted by molar-refractivity contribution is 5.92. The Morgan fingerprint density at radius 2 is 2.14 bits per heavy atom. The lowest BCUT2D eigenvalue weighted by atomic mass is 9.98. The van der Waals surface area contributed by atoms with Crippen LogP contribution in [0.2, 0.25) is 0 Å². The number of amides is 2. The minimum Gasteiger partial charge on any atom is -0.323 e. The van der Waals surface area contributed by atoms with Crippen LogP contribution in [-0.4, -0.2) is 31.2 Å². The van der Waals surface area contributed by atoms with Crippen LogP contribution < -0.4 is 10.6 Å². The largest absolute Gasteiger partial charge is 0.389 e. The fourth-order valence-corrected chi connectivity index (χ4v) is 2.41. The molecule has 0 aromatic heterocycles. The molecule has 1 aromatic rings. The highest BCUT2D eigenvalue weighted by atomic mass is 19.4. The second kappa shape index (κ2) is 5.93. The van der Waals surface area contributed by atoms with Crippen molar-refractivity contribution in [3.8, 4) is 0 Å². The fraction of sp³-hybridized carbons (Fsp3) is 0.500. The Morgan fingerprint density at radius 1 is 1.43 bits per heavy atom. The van der Waals surface area contributed by atoms with Crippen LogP contribution in [0.4, 0.5) is 23.7 Å². The van der Waals surface area contributed by atoms with Gasteiger partial charge in [-0.1, -0.05) is 12.1 Å². The van der Waals surface area contributed by atoms with Gasteiger partial charge >= 0.3 is 12.2 Å². The van der Waals surface area contributed by atoms with Crippen molar-refractivity contribution < 1.29 is 18.0 Å². The molecule has 1 unspecified atom stereocenters. The van der Waals surface area contributed by atoms with Crippen LogP contribution in [0.3, 0.4) is 0 Å². The molecule has 7 heteroatoms. The Labute approximate surface area is 121 Å². The Hall–Kier alpha value is -1.76. The summed E-state index contributed by atoms with van der Waals surface area (Å²) in [6.45, 7) is 0.449. The molecule has 0 saturated heterocycles. The van der Waals surface area contributed by atoms with Crippen molar-refractivity contribution in [2.24, 2.45) is 0 Å². The van der Waals surface area contributed by atoms with Gasteiger partial charge in [-0.2, -0.15) is 13.2 Å². The number of halogens is 3.